The number of ketones is 1. The van der Waals surface area contributed by atoms with Gasteiger partial charge in [0.25, 0.3) is 0 Å². The molecule has 0 spiro atoms. The van der Waals surface area contributed by atoms with E-state index in [1.807, 2.05) is 6.07 Å². The van der Waals surface area contributed by atoms with Gasteiger partial charge >= 0.3 is 0 Å². The Bertz CT molecular complexity index is 377. The minimum Gasteiger partial charge on any atom is -0.437 e. The molecule has 0 unspecified atom stereocenters. The number of carbonyl (C=O) groups is 1. The highest BCUT2D eigenvalue weighted by atomic mass is 16.4. The Hall–Kier alpha value is -1.25. The number of nitrogens with zero attached hydrogens (tertiary/aromatic N) is 1. The van der Waals surface area contributed by atoms with Crippen LogP contribution in [0.1, 0.15) is 44.2 Å². The summed E-state index contributed by atoms with van der Waals surface area (Å²) < 4.78 is 5.57. The molecule has 0 N–H and O–H groups in total. The Morgan fingerprint density at radius 3 is 2.62 bits per heavy atom. The lowest BCUT2D eigenvalue weighted by Crippen LogP contribution is -2.32. The summed E-state index contributed by atoms with van der Waals surface area (Å²) in [6, 6.07) is 4.07. The molecule has 1 fully saturated rings. The van der Waals surface area contributed by atoms with Gasteiger partial charge < -0.3 is 9.32 Å². The number of rotatable bonds is 5. The largest absolute Gasteiger partial charge is 0.437 e. The van der Waals surface area contributed by atoms with Gasteiger partial charge in [0.05, 0.1) is 0 Å². The zero-order valence-corrected chi connectivity index (χ0v) is 10.2. The van der Waals surface area contributed by atoms with Crippen LogP contribution in [0.15, 0.2) is 16.5 Å². The number of hydrogen-bond acceptors (Lipinski definition) is 3. The second-order valence-corrected chi connectivity index (χ2v) is 4.88. The third kappa shape index (κ3) is 2.46. The van der Waals surface area contributed by atoms with Crippen molar-refractivity contribution in [2.45, 2.75) is 39.7 Å². The van der Waals surface area contributed by atoms with Crippen molar-refractivity contribution < 1.29 is 9.21 Å². The number of Topliss-reactive ketones (excluding diaryl/α,β-unsaturated/α-hetero) is 1. The molecule has 3 nitrogen and oxygen atoms in total. The predicted molar refractivity (Wildman–Crippen MR) is 63.9 cm³/mol. The summed E-state index contributed by atoms with van der Waals surface area (Å²) in [4.78, 5) is 13.4. The van der Waals surface area contributed by atoms with Crippen LogP contribution in [0.5, 0.6) is 0 Å². The van der Waals surface area contributed by atoms with Crippen molar-refractivity contribution in [3.8, 4) is 0 Å². The lowest BCUT2D eigenvalue weighted by molar-refractivity contribution is 0.0987. The highest BCUT2D eigenvalue weighted by Crippen LogP contribution is 2.32. The molecule has 1 saturated carbocycles. The molecule has 0 radical (unpaired) electrons. The molecule has 2 rings (SSSR count). The summed E-state index contributed by atoms with van der Waals surface area (Å²) in [5, 5.41) is 0. The van der Waals surface area contributed by atoms with Gasteiger partial charge in [0.15, 0.2) is 17.4 Å². The second-order valence-electron chi connectivity index (χ2n) is 4.88. The summed E-state index contributed by atoms with van der Waals surface area (Å²) in [5.74, 6) is 2.08. The molecule has 0 atom stereocenters. The van der Waals surface area contributed by atoms with E-state index in [1.165, 1.54) is 19.8 Å². The minimum atomic E-state index is -0.0126. The Balaban J connectivity index is 2.13. The van der Waals surface area contributed by atoms with Crippen LogP contribution >= 0.6 is 0 Å². The third-order valence-electron chi connectivity index (χ3n) is 3.00. The van der Waals surface area contributed by atoms with Crippen molar-refractivity contribution in [3.63, 3.8) is 0 Å². The van der Waals surface area contributed by atoms with E-state index in [-0.39, 0.29) is 5.78 Å². The summed E-state index contributed by atoms with van der Waals surface area (Å²) in [5.41, 5.74) is 0. The zero-order chi connectivity index (χ0) is 11.7. The minimum absolute atomic E-state index is 0.0126. The Kier molecular flexibility index (Phi) is 3.03. The fraction of sp³-hybridized carbons (Fsp3) is 0.615. The van der Waals surface area contributed by atoms with Gasteiger partial charge in [-0.2, -0.15) is 0 Å². The van der Waals surface area contributed by atoms with Crippen molar-refractivity contribution in [3.05, 3.63) is 17.9 Å². The van der Waals surface area contributed by atoms with Crippen LogP contribution in [0.4, 0.5) is 5.88 Å². The first kappa shape index (κ1) is 11.2. The maximum absolute atomic E-state index is 11.2. The van der Waals surface area contributed by atoms with E-state index in [4.69, 9.17) is 4.42 Å². The first-order valence-electron chi connectivity index (χ1n) is 5.95. The van der Waals surface area contributed by atoms with E-state index in [0.717, 1.165) is 18.3 Å². The Morgan fingerprint density at radius 1 is 1.50 bits per heavy atom. The standard InChI is InChI=1S/C13H19NO2/c1-9(2)14(8-11-4-5-11)13-7-6-12(16-13)10(3)15/h6-7,9,11H,4-5,8H2,1-3H3. The van der Waals surface area contributed by atoms with Gasteiger partial charge in [-0.3, -0.25) is 4.79 Å². The van der Waals surface area contributed by atoms with Crippen LogP contribution in [-0.2, 0) is 0 Å². The average Bonchev–Trinajstić information content (AvgIpc) is 2.89. The van der Waals surface area contributed by atoms with Crippen LogP contribution in [0, 0.1) is 5.92 Å². The quantitative estimate of drug-likeness (QED) is 0.716. The van der Waals surface area contributed by atoms with Crippen molar-refractivity contribution in [2.75, 3.05) is 11.4 Å². The Labute approximate surface area is 96.4 Å². The van der Waals surface area contributed by atoms with E-state index in [2.05, 4.69) is 18.7 Å². The lowest BCUT2D eigenvalue weighted by Gasteiger charge is -2.26. The number of anilines is 1. The molecule has 1 heterocycles. The van der Waals surface area contributed by atoms with Crippen LogP contribution < -0.4 is 4.90 Å². The smallest absolute Gasteiger partial charge is 0.196 e. The zero-order valence-electron chi connectivity index (χ0n) is 10.2. The van der Waals surface area contributed by atoms with Gasteiger partial charge in [-0.25, -0.2) is 0 Å². The van der Waals surface area contributed by atoms with E-state index in [9.17, 15) is 4.79 Å². The molecule has 16 heavy (non-hydrogen) atoms. The van der Waals surface area contributed by atoms with Gasteiger partial charge in [0.2, 0.25) is 0 Å². The molecular weight excluding hydrogens is 202 g/mol. The van der Waals surface area contributed by atoms with Crippen molar-refractivity contribution in [1.82, 2.24) is 0 Å². The fourth-order valence-electron chi connectivity index (χ4n) is 1.81. The highest BCUT2D eigenvalue weighted by molar-refractivity contribution is 5.91. The van der Waals surface area contributed by atoms with E-state index in [1.54, 1.807) is 6.07 Å². The van der Waals surface area contributed by atoms with Gasteiger partial charge in [0, 0.05) is 25.6 Å². The molecule has 3 heteroatoms. The van der Waals surface area contributed by atoms with Crippen LogP contribution in [-0.4, -0.2) is 18.4 Å². The van der Waals surface area contributed by atoms with Gasteiger partial charge in [-0.15, -0.1) is 0 Å². The monoisotopic (exact) mass is 221 g/mol. The molecule has 0 amide bonds. The first-order chi connectivity index (χ1) is 7.58. The summed E-state index contributed by atoms with van der Waals surface area (Å²) in [6.45, 7) is 6.88. The Morgan fingerprint density at radius 2 is 2.19 bits per heavy atom. The van der Waals surface area contributed by atoms with E-state index >= 15 is 0 Å². The molecular formula is C13H19NO2. The van der Waals surface area contributed by atoms with Gasteiger partial charge in [-0.05, 0) is 38.7 Å². The van der Waals surface area contributed by atoms with E-state index in [0.29, 0.717) is 11.8 Å². The SMILES string of the molecule is CC(=O)c1ccc(N(CC2CC2)C(C)C)o1. The van der Waals surface area contributed by atoms with Gasteiger partial charge in [-0.1, -0.05) is 0 Å². The third-order valence-corrected chi connectivity index (χ3v) is 3.00. The molecule has 1 aromatic heterocycles. The lowest BCUT2D eigenvalue weighted by atomic mass is 10.3. The second kappa shape index (κ2) is 4.32. The molecule has 88 valence electrons. The normalized spacial score (nSPS) is 15.5. The molecule has 1 aliphatic carbocycles. The highest BCUT2D eigenvalue weighted by Gasteiger charge is 2.27. The summed E-state index contributed by atoms with van der Waals surface area (Å²) >= 11 is 0. The van der Waals surface area contributed by atoms with Crippen molar-refractivity contribution in [2.24, 2.45) is 5.92 Å². The van der Waals surface area contributed by atoms with Crippen molar-refractivity contribution >= 4 is 11.7 Å². The molecule has 1 aromatic rings. The average molecular weight is 221 g/mol. The maximum atomic E-state index is 11.2. The first-order valence-corrected chi connectivity index (χ1v) is 5.95. The molecule has 0 aromatic carbocycles. The number of hydrogen-bond donors (Lipinski definition) is 0. The fourth-order valence-corrected chi connectivity index (χ4v) is 1.81. The molecule has 0 saturated heterocycles. The maximum Gasteiger partial charge on any atom is 0.196 e. The van der Waals surface area contributed by atoms with Crippen LogP contribution in [0.2, 0.25) is 0 Å². The topological polar surface area (TPSA) is 33.5 Å². The van der Waals surface area contributed by atoms with Gasteiger partial charge in [0.1, 0.15) is 0 Å². The van der Waals surface area contributed by atoms with Crippen molar-refractivity contribution in [1.29, 1.82) is 0 Å². The van der Waals surface area contributed by atoms with Crippen LogP contribution in [0.25, 0.3) is 0 Å². The van der Waals surface area contributed by atoms with Crippen LogP contribution in [0.3, 0.4) is 0 Å². The summed E-state index contributed by atoms with van der Waals surface area (Å²) in [6.07, 6.45) is 2.65. The number of carbonyl (C=O) groups excluding carboxylic acids is 1. The molecule has 0 aliphatic heterocycles. The van der Waals surface area contributed by atoms with E-state index < -0.39 is 0 Å². The summed E-state index contributed by atoms with van der Waals surface area (Å²) in [7, 11) is 0. The molecule has 0 bridgehead atoms. The predicted octanol–water partition coefficient (Wildman–Crippen LogP) is 3.11. The molecule has 1 aliphatic rings. The number of furan rings is 1.